The predicted molar refractivity (Wildman–Crippen MR) is 62.6 cm³/mol. The Hall–Kier alpha value is -1.26. The second-order valence-electron chi connectivity index (χ2n) is 4.13. The quantitative estimate of drug-likeness (QED) is 0.798. The van der Waals surface area contributed by atoms with Gasteiger partial charge >= 0.3 is 0 Å². The summed E-state index contributed by atoms with van der Waals surface area (Å²) in [5.74, 6) is 6.80. The Morgan fingerprint density at radius 3 is 1.81 bits per heavy atom. The minimum atomic E-state index is -0.575. The molecule has 2 N–H and O–H groups in total. The van der Waals surface area contributed by atoms with Crippen LogP contribution in [-0.4, -0.2) is 14.2 Å². The largest absolute Gasteiger partial charge is 0.496 e. The molecule has 1 aromatic rings. The van der Waals surface area contributed by atoms with Crippen molar-refractivity contribution in [2.45, 2.75) is 26.4 Å². The van der Waals surface area contributed by atoms with Crippen LogP contribution in [0, 0.1) is 6.92 Å². The van der Waals surface area contributed by atoms with Crippen LogP contribution in [0.5, 0.6) is 11.5 Å². The third-order valence-corrected chi connectivity index (χ3v) is 2.74. The fraction of sp³-hybridized carbons (Fsp3) is 0.500. The zero-order chi connectivity index (χ0) is 12.3. The number of hydrogen-bond acceptors (Lipinski definition) is 4. The summed E-state index contributed by atoms with van der Waals surface area (Å²) < 4.78 is 10.6. The van der Waals surface area contributed by atoms with Crippen LogP contribution >= 0.6 is 0 Å². The zero-order valence-electron chi connectivity index (χ0n) is 10.5. The smallest absolute Gasteiger partial charge is 0.125 e. The number of ether oxygens (including phenoxy) is 2. The molecule has 0 saturated carbocycles. The van der Waals surface area contributed by atoms with Gasteiger partial charge in [-0.2, -0.15) is 0 Å². The molecule has 1 aromatic carbocycles. The van der Waals surface area contributed by atoms with Crippen molar-refractivity contribution in [3.05, 3.63) is 23.3 Å². The molecule has 0 aromatic heterocycles. The molecule has 0 amide bonds. The molecule has 0 spiro atoms. The fourth-order valence-corrected chi connectivity index (χ4v) is 1.50. The molecule has 0 saturated heterocycles. The Morgan fingerprint density at radius 1 is 1.06 bits per heavy atom. The van der Waals surface area contributed by atoms with Gasteiger partial charge < -0.3 is 9.47 Å². The highest BCUT2D eigenvalue weighted by Crippen LogP contribution is 2.34. The van der Waals surface area contributed by atoms with Gasteiger partial charge in [0, 0.05) is 5.56 Å². The Bertz CT molecular complexity index is 350. The molecule has 0 heterocycles. The lowest BCUT2D eigenvalue weighted by atomic mass is 9.96. The summed E-state index contributed by atoms with van der Waals surface area (Å²) in [5, 5.41) is 0. The van der Waals surface area contributed by atoms with Crippen LogP contribution in [0.25, 0.3) is 0 Å². The monoisotopic (exact) mass is 225 g/mol. The molecule has 4 nitrogen and oxygen atoms in total. The van der Waals surface area contributed by atoms with Gasteiger partial charge in [0.25, 0.3) is 0 Å². The van der Waals surface area contributed by atoms with Gasteiger partial charge in [-0.3, -0.25) is 4.84 Å². The molecule has 0 atom stereocenters. The van der Waals surface area contributed by atoms with Crippen LogP contribution in [0.2, 0.25) is 0 Å². The number of hydrogen-bond donors (Lipinski definition) is 1. The van der Waals surface area contributed by atoms with Crippen LogP contribution < -0.4 is 15.4 Å². The predicted octanol–water partition coefficient (Wildman–Crippen LogP) is 2.14. The Kier molecular flexibility index (Phi) is 3.78. The van der Waals surface area contributed by atoms with E-state index in [1.807, 2.05) is 32.9 Å². The number of benzene rings is 1. The van der Waals surface area contributed by atoms with E-state index >= 15 is 0 Å². The molecule has 0 radical (unpaired) electrons. The maximum Gasteiger partial charge on any atom is 0.125 e. The maximum atomic E-state index is 5.29. The summed E-state index contributed by atoms with van der Waals surface area (Å²) in [6, 6.07) is 3.81. The molecule has 0 fully saturated rings. The highest BCUT2D eigenvalue weighted by molar-refractivity contribution is 5.48. The molecule has 0 aliphatic rings. The number of nitrogens with two attached hydrogens (primary N) is 1. The molecular weight excluding hydrogens is 206 g/mol. The summed E-state index contributed by atoms with van der Waals surface area (Å²) in [6.07, 6.45) is 0. The topological polar surface area (TPSA) is 53.7 Å². The first-order valence-electron chi connectivity index (χ1n) is 5.07. The van der Waals surface area contributed by atoms with Gasteiger partial charge in [-0.05, 0) is 38.5 Å². The first kappa shape index (κ1) is 12.8. The van der Waals surface area contributed by atoms with E-state index in [0.717, 1.165) is 22.6 Å². The maximum absolute atomic E-state index is 5.29. The molecule has 1 rings (SSSR count). The zero-order valence-corrected chi connectivity index (χ0v) is 10.5. The van der Waals surface area contributed by atoms with Crippen LogP contribution in [0.4, 0.5) is 0 Å². The van der Waals surface area contributed by atoms with E-state index in [2.05, 4.69) is 0 Å². The number of rotatable bonds is 4. The van der Waals surface area contributed by atoms with Crippen molar-refractivity contribution in [3.63, 3.8) is 0 Å². The lowest BCUT2D eigenvalue weighted by Gasteiger charge is -2.24. The van der Waals surface area contributed by atoms with Crippen LogP contribution in [-0.2, 0) is 10.4 Å². The van der Waals surface area contributed by atoms with Crippen molar-refractivity contribution >= 4 is 0 Å². The SMILES string of the molecule is COc1cc(C(C)(C)ON)cc(OC)c1C. The average molecular weight is 225 g/mol. The van der Waals surface area contributed by atoms with E-state index < -0.39 is 5.60 Å². The fourth-order valence-electron chi connectivity index (χ4n) is 1.50. The third-order valence-electron chi connectivity index (χ3n) is 2.74. The summed E-state index contributed by atoms with van der Waals surface area (Å²) in [6.45, 7) is 5.71. The first-order valence-corrected chi connectivity index (χ1v) is 5.07. The van der Waals surface area contributed by atoms with Crippen LogP contribution in [0.3, 0.4) is 0 Å². The summed E-state index contributed by atoms with van der Waals surface area (Å²) in [5.41, 5.74) is 1.30. The highest BCUT2D eigenvalue weighted by Gasteiger charge is 2.23. The molecule has 4 heteroatoms. The van der Waals surface area contributed by atoms with Crippen molar-refractivity contribution in [1.82, 2.24) is 0 Å². The molecule has 0 bridgehead atoms. The molecule has 90 valence electrons. The van der Waals surface area contributed by atoms with E-state index in [1.54, 1.807) is 14.2 Å². The van der Waals surface area contributed by atoms with E-state index in [9.17, 15) is 0 Å². The molecule has 0 unspecified atom stereocenters. The van der Waals surface area contributed by atoms with Crippen molar-refractivity contribution in [3.8, 4) is 11.5 Å². The van der Waals surface area contributed by atoms with E-state index in [1.165, 1.54) is 0 Å². The van der Waals surface area contributed by atoms with Gasteiger partial charge in [-0.15, -0.1) is 0 Å². The van der Waals surface area contributed by atoms with Crippen molar-refractivity contribution < 1.29 is 14.3 Å². The average Bonchev–Trinajstić information content (AvgIpc) is 2.29. The summed E-state index contributed by atoms with van der Waals surface area (Å²) in [4.78, 5) is 4.95. The van der Waals surface area contributed by atoms with Gasteiger partial charge in [0.05, 0.1) is 14.2 Å². The Morgan fingerprint density at radius 2 is 1.50 bits per heavy atom. The van der Waals surface area contributed by atoms with Crippen molar-refractivity contribution in [1.29, 1.82) is 0 Å². The van der Waals surface area contributed by atoms with Crippen molar-refractivity contribution in [2.75, 3.05) is 14.2 Å². The first-order chi connectivity index (χ1) is 7.46. The third kappa shape index (κ3) is 2.28. The Balaban J connectivity index is 3.32. The lowest BCUT2D eigenvalue weighted by Crippen LogP contribution is -2.25. The van der Waals surface area contributed by atoms with Gasteiger partial charge in [0.1, 0.15) is 17.1 Å². The minimum absolute atomic E-state index is 0.575. The molecule has 16 heavy (non-hydrogen) atoms. The second-order valence-corrected chi connectivity index (χ2v) is 4.13. The van der Waals surface area contributed by atoms with E-state index in [4.69, 9.17) is 20.2 Å². The highest BCUT2D eigenvalue weighted by atomic mass is 16.6. The standard InChI is InChI=1S/C12H19NO3/c1-8-10(14-4)6-9(7-11(8)15-5)12(2,3)16-13/h6-7H,13H2,1-5H3. The van der Waals surface area contributed by atoms with Crippen LogP contribution in [0.15, 0.2) is 12.1 Å². The lowest BCUT2D eigenvalue weighted by molar-refractivity contribution is -0.0238. The van der Waals surface area contributed by atoms with Gasteiger partial charge in [-0.1, -0.05) is 0 Å². The summed E-state index contributed by atoms with van der Waals surface area (Å²) in [7, 11) is 3.25. The van der Waals surface area contributed by atoms with Crippen LogP contribution in [0.1, 0.15) is 25.0 Å². The van der Waals surface area contributed by atoms with E-state index in [-0.39, 0.29) is 0 Å². The Labute approximate surface area is 96.3 Å². The normalized spacial score (nSPS) is 11.4. The van der Waals surface area contributed by atoms with Gasteiger partial charge in [0.15, 0.2) is 0 Å². The summed E-state index contributed by atoms with van der Waals surface area (Å²) >= 11 is 0. The number of methoxy groups -OCH3 is 2. The minimum Gasteiger partial charge on any atom is -0.496 e. The van der Waals surface area contributed by atoms with Gasteiger partial charge in [0.2, 0.25) is 0 Å². The second kappa shape index (κ2) is 4.72. The van der Waals surface area contributed by atoms with E-state index in [0.29, 0.717) is 0 Å². The molecule has 0 aliphatic heterocycles. The molecular formula is C12H19NO3. The molecule has 0 aliphatic carbocycles. The van der Waals surface area contributed by atoms with Crippen molar-refractivity contribution in [2.24, 2.45) is 5.90 Å². The van der Waals surface area contributed by atoms with Gasteiger partial charge in [-0.25, -0.2) is 5.90 Å².